The molecule has 0 bridgehead atoms. The number of esters is 1. The van der Waals surface area contributed by atoms with Crippen LogP contribution in [-0.2, 0) is 23.1 Å². The number of carbonyl (C=O) groups is 2. The van der Waals surface area contributed by atoms with Crippen molar-refractivity contribution in [3.05, 3.63) is 12.2 Å². The lowest BCUT2D eigenvalue weighted by atomic mass is 10.0. The van der Waals surface area contributed by atoms with Gasteiger partial charge in [-0.2, -0.15) is 0 Å². The Morgan fingerprint density at radius 3 is 2.09 bits per heavy atom. The lowest BCUT2D eigenvalue weighted by Crippen LogP contribution is -2.53. The van der Waals surface area contributed by atoms with Crippen molar-refractivity contribution in [2.24, 2.45) is 0 Å². The fourth-order valence-corrected chi connectivity index (χ4v) is 5.09. The number of amides is 1. The van der Waals surface area contributed by atoms with Crippen LogP contribution < -0.4 is 0 Å². The van der Waals surface area contributed by atoms with Crippen LogP contribution in [0.1, 0.15) is 48.5 Å². The highest BCUT2D eigenvalue weighted by Crippen LogP contribution is 2.40. The molecular formula is C23H45NO6Si2. The summed E-state index contributed by atoms with van der Waals surface area (Å²) in [6.45, 7) is 24.0. The molecule has 0 aromatic carbocycles. The SMILES string of the molecule is CCOC(=O)/C=C\[C@H](O[Si](C)(C)C(C)(C)C)[C@H]1[C@@H](CO[Si](C)(C)C(C)(C)C)OC(=O)N1C. The molecule has 0 aromatic rings. The van der Waals surface area contributed by atoms with Crippen molar-refractivity contribution in [3.63, 3.8) is 0 Å². The van der Waals surface area contributed by atoms with Crippen LogP contribution in [0, 0.1) is 0 Å². The van der Waals surface area contributed by atoms with Crippen molar-refractivity contribution in [3.8, 4) is 0 Å². The van der Waals surface area contributed by atoms with Crippen LogP contribution in [0.25, 0.3) is 0 Å². The van der Waals surface area contributed by atoms with Crippen molar-refractivity contribution >= 4 is 28.7 Å². The Morgan fingerprint density at radius 2 is 1.62 bits per heavy atom. The summed E-state index contributed by atoms with van der Waals surface area (Å²) in [7, 11) is -2.56. The minimum Gasteiger partial charge on any atom is -0.463 e. The van der Waals surface area contributed by atoms with Gasteiger partial charge in [-0.15, -0.1) is 0 Å². The lowest BCUT2D eigenvalue weighted by Gasteiger charge is -2.42. The molecule has 1 saturated heterocycles. The zero-order chi connectivity index (χ0) is 25.1. The summed E-state index contributed by atoms with van der Waals surface area (Å²) in [4.78, 5) is 26.1. The Labute approximate surface area is 197 Å². The van der Waals surface area contributed by atoms with Crippen molar-refractivity contribution in [1.29, 1.82) is 0 Å². The van der Waals surface area contributed by atoms with Gasteiger partial charge < -0.3 is 23.2 Å². The molecule has 0 aliphatic carbocycles. The fourth-order valence-electron chi connectivity index (χ4n) is 2.83. The van der Waals surface area contributed by atoms with Crippen LogP contribution >= 0.6 is 0 Å². The third-order valence-corrected chi connectivity index (χ3v) is 16.0. The van der Waals surface area contributed by atoms with Crippen molar-refractivity contribution in [2.45, 2.75) is 103 Å². The maximum Gasteiger partial charge on any atom is 0.410 e. The molecular weight excluding hydrogens is 442 g/mol. The van der Waals surface area contributed by atoms with Gasteiger partial charge in [-0.25, -0.2) is 9.59 Å². The highest BCUT2D eigenvalue weighted by Gasteiger charge is 2.49. The van der Waals surface area contributed by atoms with Crippen LogP contribution in [0.2, 0.25) is 36.3 Å². The van der Waals surface area contributed by atoms with Crippen LogP contribution in [0.4, 0.5) is 4.79 Å². The molecule has 32 heavy (non-hydrogen) atoms. The van der Waals surface area contributed by atoms with Gasteiger partial charge in [0.1, 0.15) is 12.1 Å². The first-order valence-corrected chi connectivity index (χ1v) is 17.3. The zero-order valence-electron chi connectivity index (χ0n) is 22.2. The van der Waals surface area contributed by atoms with E-state index in [0.29, 0.717) is 13.2 Å². The predicted octanol–water partition coefficient (Wildman–Crippen LogP) is 5.34. The van der Waals surface area contributed by atoms with Crippen molar-refractivity contribution < 1.29 is 27.9 Å². The van der Waals surface area contributed by atoms with Crippen LogP contribution in [0.3, 0.4) is 0 Å². The second-order valence-corrected chi connectivity index (χ2v) is 21.1. The van der Waals surface area contributed by atoms with Crippen LogP contribution in [0.5, 0.6) is 0 Å². The molecule has 3 atom stereocenters. The number of ether oxygens (including phenoxy) is 2. The Morgan fingerprint density at radius 1 is 1.09 bits per heavy atom. The molecule has 1 aliphatic heterocycles. The highest BCUT2D eigenvalue weighted by atomic mass is 28.4. The molecule has 0 radical (unpaired) electrons. The smallest absolute Gasteiger partial charge is 0.410 e. The standard InChI is InChI=1S/C23H45NO6Si2/c1-13-27-19(25)15-14-17(30-32(11,12)23(5,6)7)20-18(29-21(26)24(20)8)16-28-31(9,10)22(2,3)4/h14-15,17-18,20H,13,16H2,1-12H3/b15-14-/t17-,18+,20-/m0/s1. The van der Waals surface area contributed by atoms with E-state index in [0.717, 1.165) is 0 Å². The molecule has 9 heteroatoms. The number of hydrogen-bond acceptors (Lipinski definition) is 6. The van der Waals surface area contributed by atoms with E-state index in [4.69, 9.17) is 18.3 Å². The molecule has 0 spiro atoms. The molecule has 1 aliphatic rings. The van der Waals surface area contributed by atoms with E-state index in [1.807, 2.05) is 0 Å². The second kappa shape index (κ2) is 10.4. The maximum atomic E-state index is 12.5. The zero-order valence-corrected chi connectivity index (χ0v) is 24.2. The molecule has 0 saturated carbocycles. The number of hydrogen-bond donors (Lipinski definition) is 0. The maximum absolute atomic E-state index is 12.5. The highest BCUT2D eigenvalue weighted by molar-refractivity contribution is 6.74. The molecule has 0 aromatic heterocycles. The Hall–Kier alpha value is -1.17. The van der Waals surface area contributed by atoms with Gasteiger partial charge in [-0.3, -0.25) is 0 Å². The molecule has 1 heterocycles. The number of rotatable bonds is 9. The van der Waals surface area contributed by atoms with Gasteiger partial charge in [0.25, 0.3) is 0 Å². The van der Waals surface area contributed by atoms with E-state index in [2.05, 4.69) is 67.7 Å². The Balaban J connectivity index is 3.26. The molecule has 186 valence electrons. The quantitative estimate of drug-likeness (QED) is 0.248. The summed E-state index contributed by atoms with van der Waals surface area (Å²) in [5, 5.41) is -0.00391. The molecule has 0 N–H and O–H groups in total. The van der Waals surface area contributed by atoms with Crippen LogP contribution in [0.15, 0.2) is 12.2 Å². The van der Waals surface area contributed by atoms with E-state index in [-0.39, 0.29) is 10.1 Å². The summed E-state index contributed by atoms with van der Waals surface area (Å²) in [6.07, 6.45) is 1.67. The Bertz CT molecular complexity index is 694. The first-order chi connectivity index (χ1) is 14.3. The van der Waals surface area contributed by atoms with Gasteiger partial charge in [-0.1, -0.05) is 41.5 Å². The third kappa shape index (κ3) is 7.17. The third-order valence-electron chi connectivity index (χ3n) is 7.07. The van der Waals surface area contributed by atoms with E-state index in [9.17, 15) is 9.59 Å². The number of cyclic esters (lactones) is 1. The van der Waals surface area contributed by atoms with Crippen molar-refractivity contribution in [1.82, 2.24) is 4.90 Å². The molecule has 1 amide bonds. The van der Waals surface area contributed by atoms with Gasteiger partial charge in [0.15, 0.2) is 16.6 Å². The number of nitrogens with zero attached hydrogens (tertiary/aromatic N) is 1. The lowest BCUT2D eigenvalue weighted by molar-refractivity contribution is -0.137. The van der Waals surface area contributed by atoms with Gasteiger partial charge in [0.05, 0.1) is 19.3 Å². The average Bonchev–Trinajstić information content (AvgIpc) is 2.89. The minimum atomic E-state index is -2.23. The summed E-state index contributed by atoms with van der Waals surface area (Å²) in [5.74, 6) is -0.432. The summed E-state index contributed by atoms with van der Waals surface area (Å²) >= 11 is 0. The molecule has 1 fully saturated rings. The summed E-state index contributed by atoms with van der Waals surface area (Å²) < 4.78 is 23.8. The van der Waals surface area contributed by atoms with Crippen LogP contribution in [-0.4, -0.2) is 72.1 Å². The topological polar surface area (TPSA) is 74.3 Å². The first-order valence-electron chi connectivity index (χ1n) is 11.4. The van der Waals surface area contributed by atoms with Gasteiger partial charge in [0, 0.05) is 13.1 Å². The summed E-state index contributed by atoms with van der Waals surface area (Å²) in [5.41, 5.74) is 0. The first kappa shape index (κ1) is 28.9. The predicted molar refractivity (Wildman–Crippen MR) is 133 cm³/mol. The van der Waals surface area contributed by atoms with E-state index in [1.165, 1.54) is 6.08 Å². The average molecular weight is 488 g/mol. The number of carbonyl (C=O) groups excluding carboxylic acids is 2. The monoisotopic (exact) mass is 487 g/mol. The Kier molecular flexibility index (Phi) is 9.38. The number of likely N-dealkylation sites (N-methyl/N-ethyl adjacent to an activating group) is 1. The second-order valence-electron chi connectivity index (χ2n) is 11.5. The van der Waals surface area contributed by atoms with Gasteiger partial charge in [-0.05, 0) is 49.3 Å². The minimum absolute atomic E-state index is 0.0395. The van der Waals surface area contributed by atoms with E-state index < -0.39 is 46.9 Å². The fraction of sp³-hybridized carbons (Fsp3) is 0.826. The molecule has 7 nitrogen and oxygen atoms in total. The van der Waals surface area contributed by atoms with Gasteiger partial charge in [0.2, 0.25) is 0 Å². The van der Waals surface area contributed by atoms with E-state index in [1.54, 1.807) is 24.9 Å². The summed E-state index contributed by atoms with van der Waals surface area (Å²) in [6, 6.07) is -0.410. The van der Waals surface area contributed by atoms with E-state index >= 15 is 0 Å². The van der Waals surface area contributed by atoms with Gasteiger partial charge >= 0.3 is 12.1 Å². The normalized spacial score (nSPS) is 21.8. The largest absolute Gasteiger partial charge is 0.463 e. The van der Waals surface area contributed by atoms with Crippen molar-refractivity contribution in [2.75, 3.05) is 20.3 Å². The molecule has 1 rings (SSSR count). The molecule has 0 unspecified atom stereocenters.